The molecule has 0 amide bonds. The first-order chi connectivity index (χ1) is 10.5. The van der Waals surface area contributed by atoms with Gasteiger partial charge in [0.2, 0.25) is 11.6 Å². The van der Waals surface area contributed by atoms with Crippen LogP contribution in [0.5, 0.6) is 0 Å². The van der Waals surface area contributed by atoms with Crippen molar-refractivity contribution in [2.75, 3.05) is 10.6 Å². The van der Waals surface area contributed by atoms with E-state index in [9.17, 15) is 9.59 Å². The average molecular weight is 420 g/mol. The number of anilines is 2. The molecule has 0 spiro atoms. The fourth-order valence-corrected chi connectivity index (χ4v) is 3.35. The molecule has 0 aliphatic carbocycles. The Labute approximate surface area is 142 Å². The highest BCUT2D eigenvalue weighted by molar-refractivity contribution is 9.10. The number of rotatable bonds is 0. The summed E-state index contributed by atoms with van der Waals surface area (Å²) >= 11 is 6.71. The molecule has 0 atom stereocenters. The highest BCUT2D eigenvalue weighted by atomic mass is 79.9. The molecule has 2 aromatic carbocycles. The number of hydrogen-bond acceptors (Lipinski definition) is 4. The fourth-order valence-electron chi connectivity index (χ4n) is 2.63. The van der Waals surface area contributed by atoms with E-state index in [2.05, 4.69) is 42.5 Å². The summed E-state index contributed by atoms with van der Waals surface area (Å²) in [6.07, 6.45) is 0. The normalized spacial score (nSPS) is 18.8. The first-order valence-electron chi connectivity index (χ1n) is 6.51. The number of carbonyl (C=O) groups excluding carboxylic acids is 2. The molecule has 2 aliphatic heterocycles. The zero-order valence-electron chi connectivity index (χ0n) is 11.0. The summed E-state index contributed by atoms with van der Waals surface area (Å²) in [5, 5.41) is 6.09. The van der Waals surface area contributed by atoms with Crippen LogP contribution in [0.3, 0.4) is 0 Å². The lowest BCUT2D eigenvalue weighted by Gasteiger charge is -2.03. The molecule has 6 heteroatoms. The van der Waals surface area contributed by atoms with Crippen molar-refractivity contribution in [2.45, 2.75) is 0 Å². The molecule has 4 nitrogen and oxygen atoms in total. The molecule has 22 heavy (non-hydrogen) atoms. The van der Waals surface area contributed by atoms with Gasteiger partial charge in [-0.1, -0.05) is 31.9 Å². The third kappa shape index (κ3) is 1.94. The Morgan fingerprint density at radius 2 is 1.09 bits per heavy atom. The molecule has 2 aliphatic rings. The van der Waals surface area contributed by atoms with Gasteiger partial charge >= 0.3 is 0 Å². The van der Waals surface area contributed by atoms with Gasteiger partial charge in [-0.05, 0) is 36.4 Å². The second kappa shape index (κ2) is 4.79. The van der Waals surface area contributed by atoms with E-state index in [1.165, 1.54) is 0 Å². The third-order valence-corrected chi connectivity index (χ3v) is 4.66. The number of Topliss-reactive ketones (excluding diaryl/α,β-unsaturated/α-hetero) is 2. The Bertz CT molecular complexity index is 830. The Morgan fingerprint density at radius 3 is 1.50 bits per heavy atom. The predicted octanol–water partition coefficient (Wildman–Crippen LogP) is 4.34. The largest absolute Gasteiger partial charge is 0.350 e. The average Bonchev–Trinajstić information content (AvgIpc) is 2.98. The van der Waals surface area contributed by atoms with Crippen molar-refractivity contribution in [1.82, 2.24) is 0 Å². The van der Waals surface area contributed by atoms with Crippen LogP contribution in [-0.4, -0.2) is 11.6 Å². The predicted molar refractivity (Wildman–Crippen MR) is 91.2 cm³/mol. The second-order valence-corrected chi connectivity index (χ2v) is 6.87. The minimum atomic E-state index is -0.181. The van der Waals surface area contributed by atoms with Crippen molar-refractivity contribution in [2.24, 2.45) is 0 Å². The van der Waals surface area contributed by atoms with Gasteiger partial charge in [-0.3, -0.25) is 9.59 Å². The van der Waals surface area contributed by atoms with E-state index >= 15 is 0 Å². The molecule has 0 fully saturated rings. The third-order valence-electron chi connectivity index (χ3n) is 3.68. The molecule has 4 rings (SSSR count). The Balaban J connectivity index is 1.82. The van der Waals surface area contributed by atoms with E-state index in [1.807, 2.05) is 24.3 Å². The van der Waals surface area contributed by atoms with Crippen molar-refractivity contribution >= 4 is 54.8 Å². The minimum Gasteiger partial charge on any atom is -0.350 e. The molecular weight excluding hydrogens is 412 g/mol. The van der Waals surface area contributed by atoms with E-state index in [0.29, 0.717) is 33.9 Å². The van der Waals surface area contributed by atoms with Gasteiger partial charge in [-0.15, -0.1) is 0 Å². The van der Waals surface area contributed by atoms with Crippen LogP contribution in [0.4, 0.5) is 11.4 Å². The van der Waals surface area contributed by atoms with Gasteiger partial charge in [0.05, 0.1) is 11.4 Å². The topological polar surface area (TPSA) is 58.2 Å². The van der Waals surface area contributed by atoms with E-state index in [4.69, 9.17) is 0 Å². The SMILES string of the molecule is O=C1/C(=C2\Nc3ccc(Br)cc3C2=O)Nc2ccc(Br)cc21. The van der Waals surface area contributed by atoms with Crippen molar-refractivity contribution < 1.29 is 9.59 Å². The van der Waals surface area contributed by atoms with Gasteiger partial charge in [-0.25, -0.2) is 0 Å². The molecule has 0 bridgehead atoms. The summed E-state index contributed by atoms with van der Waals surface area (Å²) in [6.45, 7) is 0. The van der Waals surface area contributed by atoms with Gasteiger partial charge in [0.15, 0.2) is 0 Å². The van der Waals surface area contributed by atoms with Gasteiger partial charge in [0, 0.05) is 20.1 Å². The first-order valence-corrected chi connectivity index (χ1v) is 8.10. The zero-order chi connectivity index (χ0) is 15.4. The van der Waals surface area contributed by atoms with Crippen LogP contribution < -0.4 is 10.6 Å². The molecule has 0 radical (unpaired) electrons. The Hall–Kier alpha value is -1.92. The minimum absolute atomic E-state index is 0.181. The lowest BCUT2D eigenvalue weighted by atomic mass is 10.1. The maximum absolute atomic E-state index is 12.6. The number of ketones is 2. The molecule has 0 unspecified atom stereocenters. The number of carbonyl (C=O) groups is 2. The number of fused-ring (bicyclic) bond motifs is 2. The maximum Gasteiger partial charge on any atom is 0.213 e. The summed E-state index contributed by atoms with van der Waals surface area (Å²) in [4.78, 5) is 25.1. The monoisotopic (exact) mass is 418 g/mol. The highest BCUT2D eigenvalue weighted by Gasteiger charge is 2.34. The standard InChI is InChI=1S/C16H8Br2N2O2/c17-7-1-3-11-9(5-7)15(21)13(19-11)14-16(22)10-6-8(18)2-4-12(10)20-14/h1-6,19-20H/b14-13+. The first kappa shape index (κ1) is 13.7. The summed E-state index contributed by atoms with van der Waals surface area (Å²) in [7, 11) is 0. The molecule has 2 aromatic rings. The van der Waals surface area contributed by atoms with Crippen molar-refractivity contribution in [3.05, 3.63) is 67.9 Å². The molecule has 2 N–H and O–H groups in total. The highest BCUT2D eigenvalue weighted by Crippen LogP contribution is 2.36. The van der Waals surface area contributed by atoms with Crippen molar-refractivity contribution in [1.29, 1.82) is 0 Å². The van der Waals surface area contributed by atoms with Crippen LogP contribution >= 0.6 is 31.9 Å². The Morgan fingerprint density at radius 1 is 0.682 bits per heavy atom. The summed E-state index contributed by atoms with van der Waals surface area (Å²) in [5.74, 6) is -0.363. The van der Waals surface area contributed by atoms with Gasteiger partial charge in [0.1, 0.15) is 11.4 Å². The van der Waals surface area contributed by atoms with E-state index in [-0.39, 0.29) is 11.6 Å². The van der Waals surface area contributed by atoms with Gasteiger partial charge in [0.25, 0.3) is 0 Å². The molecular formula is C16H8Br2N2O2. The molecule has 108 valence electrons. The van der Waals surface area contributed by atoms with Crippen LogP contribution in [0.1, 0.15) is 20.7 Å². The smallest absolute Gasteiger partial charge is 0.213 e. The summed E-state index contributed by atoms with van der Waals surface area (Å²) < 4.78 is 1.65. The van der Waals surface area contributed by atoms with Crippen molar-refractivity contribution in [3.63, 3.8) is 0 Å². The van der Waals surface area contributed by atoms with Crippen molar-refractivity contribution in [3.8, 4) is 0 Å². The number of allylic oxidation sites excluding steroid dienone is 2. The summed E-state index contributed by atoms with van der Waals surface area (Å²) in [6, 6.07) is 10.8. The fraction of sp³-hybridized carbons (Fsp3) is 0. The van der Waals surface area contributed by atoms with Gasteiger partial charge in [-0.2, -0.15) is 0 Å². The lowest BCUT2D eigenvalue weighted by Crippen LogP contribution is -2.13. The second-order valence-electron chi connectivity index (χ2n) is 5.04. The molecule has 0 aromatic heterocycles. The zero-order valence-corrected chi connectivity index (χ0v) is 14.2. The van der Waals surface area contributed by atoms with E-state index in [0.717, 1.165) is 8.95 Å². The molecule has 2 heterocycles. The lowest BCUT2D eigenvalue weighted by molar-refractivity contribution is 0.101. The van der Waals surface area contributed by atoms with E-state index in [1.54, 1.807) is 12.1 Å². The number of benzene rings is 2. The molecule has 0 saturated carbocycles. The summed E-state index contributed by atoms with van der Waals surface area (Å²) in [5.41, 5.74) is 3.13. The van der Waals surface area contributed by atoms with Crippen LogP contribution in [0, 0.1) is 0 Å². The number of halogens is 2. The Kier molecular flexibility index (Phi) is 2.99. The quantitative estimate of drug-likeness (QED) is 0.623. The van der Waals surface area contributed by atoms with Crippen LogP contribution in [0.25, 0.3) is 0 Å². The van der Waals surface area contributed by atoms with Crippen LogP contribution in [-0.2, 0) is 0 Å². The van der Waals surface area contributed by atoms with Crippen LogP contribution in [0.15, 0.2) is 56.7 Å². The molecule has 0 saturated heterocycles. The van der Waals surface area contributed by atoms with Crippen LogP contribution in [0.2, 0.25) is 0 Å². The maximum atomic E-state index is 12.6. The van der Waals surface area contributed by atoms with E-state index < -0.39 is 0 Å². The number of nitrogens with one attached hydrogen (secondary N) is 2. The van der Waals surface area contributed by atoms with Gasteiger partial charge < -0.3 is 10.6 Å². The number of hydrogen-bond donors (Lipinski definition) is 2.